The quantitative estimate of drug-likeness (QED) is 0.417. The fraction of sp³-hybridized carbons (Fsp3) is 0.643. The van der Waals surface area contributed by atoms with Gasteiger partial charge in [0, 0.05) is 11.8 Å². The highest BCUT2D eigenvalue weighted by atomic mass is 16.7. The average Bonchev–Trinajstić information content (AvgIpc) is 2.22. The van der Waals surface area contributed by atoms with Gasteiger partial charge in [0.15, 0.2) is 0 Å². The van der Waals surface area contributed by atoms with Crippen LogP contribution in [-0.4, -0.2) is 12.3 Å². The predicted octanol–water partition coefficient (Wildman–Crippen LogP) is 3.56. The maximum absolute atomic E-state index is 11.4. The Hall–Kier alpha value is -1.25. The van der Waals surface area contributed by atoms with Gasteiger partial charge in [-0.1, -0.05) is 26.8 Å². The summed E-state index contributed by atoms with van der Waals surface area (Å²) < 4.78 is 10.8. The van der Waals surface area contributed by atoms with Crippen LogP contribution < -0.4 is 0 Å². The monoisotopic (exact) mass is 238 g/mol. The summed E-state index contributed by atoms with van der Waals surface area (Å²) in [7, 11) is 0. The largest absolute Gasteiger partial charge is 0.458 e. The van der Waals surface area contributed by atoms with Crippen molar-refractivity contribution in [1.82, 2.24) is 0 Å². The van der Waals surface area contributed by atoms with Gasteiger partial charge >= 0.3 is 5.97 Å². The minimum Gasteiger partial charge on any atom is -0.458 e. The molecule has 3 nitrogen and oxygen atoms in total. The molecule has 0 aliphatic carbocycles. The molecular formula is C14H22O3. The van der Waals surface area contributed by atoms with Crippen LogP contribution >= 0.6 is 0 Å². The van der Waals surface area contributed by atoms with Crippen molar-refractivity contribution >= 4 is 5.97 Å². The second-order valence-corrected chi connectivity index (χ2v) is 5.40. The third-order valence-corrected chi connectivity index (χ3v) is 2.55. The first-order valence-corrected chi connectivity index (χ1v) is 6.12. The van der Waals surface area contributed by atoms with Gasteiger partial charge in [0.1, 0.15) is 5.76 Å². The molecule has 0 radical (unpaired) electrons. The van der Waals surface area contributed by atoms with E-state index in [-0.39, 0.29) is 11.4 Å². The van der Waals surface area contributed by atoms with Crippen LogP contribution in [0.2, 0.25) is 0 Å². The van der Waals surface area contributed by atoms with E-state index in [0.717, 1.165) is 31.4 Å². The molecule has 3 heteroatoms. The summed E-state index contributed by atoms with van der Waals surface area (Å²) >= 11 is 0. The Bertz CT molecular complexity index is 310. The van der Waals surface area contributed by atoms with Gasteiger partial charge in [-0.05, 0) is 19.3 Å². The first-order chi connectivity index (χ1) is 7.93. The van der Waals surface area contributed by atoms with E-state index >= 15 is 0 Å². The lowest BCUT2D eigenvalue weighted by molar-refractivity contribution is -0.195. The van der Waals surface area contributed by atoms with E-state index in [9.17, 15) is 4.79 Å². The molecule has 0 saturated carbocycles. The topological polar surface area (TPSA) is 35.5 Å². The molecule has 0 aromatic carbocycles. The Labute approximate surface area is 103 Å². The van der Waals surface area contributed by atoms with Gasteiger partial charge in [-0.3, -0.25) is 0 Å². The summed E-state index contributed by atoms with van der Waals surface area (Å²) in [6.07, 6.45) is 6.74. The fourth-order valence-corrected chi connectivity index (χ4v) is 1.54. The maximum Gasteiger partial charge on any atom is 0.337 e. The molecule has 1 atom stereocenters. The molecule has 1 aliphatic rings. The number of carbonyl (C=O) groups excluding carboxylic acids is 1. The summed E-state index contributed by atoms with van der Waals surface area (Å²) in [6, 6.07) is 0. The molecule has 0 bridgehead atoms. The van der Waals surface area contributed by atoms with Gasteiger partial charge in [-0.25, -0.2) is 4.79 Å². The van der Waals surface area contributed by atoms with Crippen LogP contribution in [0.3, 0.4) is 0 Å². The minimum absolute atomic E-state index is 0.198. The number of allylic oxidation sites excluding steroid dienone is 2. The summed E-state index contributed by atoms with van der Waals surface area (Å²) in [5.74, 6) is 0.445. The Morgan fingerprint density at radius 2 is 2.06 bits per heavy atom. The number of hydrogen-bond donors (Lipinski definition) is 0. The van der Waals surface area contributed by atoms with Gasteiger partial charge in [-0.2, -0.15) is 0 Å². The van der Waals surface area contributed by atoms with Gasteiger partial charge in [-0.15, -0.1) is 6.58 Å². The third-order valence-electron chi connectivity index (χ3n) is 2.55. The van der Waals surface area contributed by atoms with Crippen LogP contribution in [0.4, 0.5) is 0 Å². The van der Waals surface area contributed by atoms with Crippen LogP contribution in [0.1, 0.15) is 46.5 Å². The van der Waals surface area contributed by atoms with Gasteiger partial charge < -0.3 is 9.47 Å². The number of carbonyl (C=O) groups is 1. The number of ether oxygens (including phenoxy) is 2. The Kier molecular flexibility index (Phi) is 4.79. The molecule has 1 unspecified atom stereocenters. The normalized spacial score (nSPS) is 20.3. The summed E-state index contributed by atoms with van der Waals surface area (Å²) in [6.45, 7) is 9.66. The number of esters is 1. The first-order valence-electron chi connectivity index (χ1n) is 6.12. The van der Waals surface area contributed by atoms with Gasteiger partial charge in [0.05, 0.1) is 6.08 Å². The van der Waals surface area contributed by atoms with Crippen molar-refractivity contribution in [2.45, 2.75) is 52.7 Å². The molecule has 0 fully saturated rings. The molecule has 17 heavy (non-hydrogen) atoms. The number of cyclic esters (lactones) is 1. The van der Waals surface area contributed by atoms with E-state index in [1.165, 1.54) is 6.08 Å². The predicted molar refractivity (Wildman–Crippen MR) is 67.2 cm³/mol. The van der Waals surface area contributed by atoms with E-state index < -0.39 is 6.29 Å². The second-order valence-electron chi connectivity index (χ2n) is 5.40. The standard InChI is InChI=1S/C14H22O3/c1-5-6-7-8-9-11-10-12(15)17-13(16-11)14(2,3)4/h5,10,13H,1,6-9H2,2-4H3. The highest BCUT2D eigenvalue weighted by Gasteiger charge is 2.33. The third kappa shape index (κ3) is 4.63. The zero-order chi connectivity index (χ0) is 12.9. The number of hydrogen-bond acceptors (Lipinski definition) is 3. The van der Waals surface area contributed by atoms with E-state index in [4.69, 9.17) is 9.47 Å². The van der Waals surface area contributed by atoms with E-state index in [1.807, 2.05) is 26.8 Å². The molecule has 1 heterocycles. The first kappa shape index (κ1) is 13.8. The molecular weight excluding hydrogens is 216 g/mol. The highest BCUT2D eigenvalue weighted by Crippen LogP contribution is 2.29. The average molecular weight is 238 g/mol. The van der Waals surface area contributed by atoms with Crippen molar-refractivity contribution in [3.8, 4) is 0 Å². The van der Waals surface area contributed by atoms with Crippen molar-refractivity contribution in [3.05, 3.63) is 24.5 Å². The maximum atomic E-state index is 11.4. The van der Waals surface area contributed by atoms with Crippen molar-refractivity contribution in [1.29, 1.82) is 0 Å². The molecule has 0 aromatic rings. The van der Waals surface area contributed by atoms with Gasteiger partial charge in [0.25, 0.3) is 0 Å². The fourth-order valence-electron chi connectivity index (χ4n) is 1.54. The second kappa shape index (κ2) is 5.89. The zero-order valence-electron chi connectivity index (χ0n) is 11.0. The molecule has 0 amide bonds. The van der Waals surface area contributed by atoms with Crippen LogP contribution in [0.25, 0.3) is 0 Å². The summed E-state index contributed by atoms with van der Waals surface area (Å²) in [5, 5.41) is 0. The molecule has 0 saturated heterocycles. The lowest BCUT2D eigenvalue weighted by Gasteiger charge is -2.33. The summed E-state index contributed by atoms with van der Waals surface area (Å²) in [5.41, 5.74) is -0.198. The Morgan fingerprint density at radius 3 is 2.65 bits per heavy atom. The molecule has 96 valence electrons. The SMILES string of the molecule is C=CCCCCC1=CC(=O)OC(C(C)(C)C)O1. The number of unbranched alkanes of at least 4 members (excludes halogenated alkanes) is 2. The smallest absolute Gasteiger partial charge is 0.337 e. The van der Waals surface area contributed by atoms with Crippen LogP contribution in [-0.2, 0) is 14.3 Å². The highest BCUT2D eigenvalue weighted by molar-refractivity contribution is 5.83. The minimum atomic E-state index is -0.477. The van der Waals surface area contributed by atoms with E-state index in [2.05, 4.69) is 6.58 Å². The number of rotatable bonds is 5. The van der Waals surface area contributed by atoms with E-state index in [0.29, 0.717) is 0 Å². The molecule has 0 spiro atoms. The molecule has 0 N–H and O–H groups in total. The van der Waals surface area contributed by atoms with Crippen LogP contribution in [0.5, 0.6) is 0 Å². The van der Waals surface area contributed by atoms with Crippen LogP contribution in [0.15, 0.2) is 24.5 Å². The molecule has 0 aromatic heterocycles. The molecule has 1 aliphatic heterocycles. The lowest BCUT2D eigenvalue weighted by Crippen LogP contribution is -2.36. The zero-order valence-corrected chi connectivity index (χ0v) is 11.0. The van der Waals surface area contributed by atoms with Crippen molar-refractivity contribution in [2.24, 2.45) is 5.41 Å². The Balaban J connectivity index is 2.49. The van der Waals surface area contributed by atoms with Crippen molar-refractivity contribution in [3.63, 3.8) is 0 Å². The lowest BCUT2D eigenvalue weighted by atomic mass is 9.95. The molecule has 1 rings (SSSR count). The van der Waals surface area contributed by atoms with Gasteiger partial charge in [0.2, 0.25) is 6.29 Å². The van der Waals surface area contributed by atoms with E-state index in [1.54, 1.807) is 0 Å². The van der Waals surface area contributed by atoms with Crippen molar-refractivity contribution < 1.29 is 14.3 Å². The van der Waals surface area contributed by atoms with Crippen molar-refractivity contribution in [2.75, 3.05) is 0 Å². The summed E-state index contributed by atoms with van der Waals surface area (Å²) in [4.78, 5) is 11.4. The van der Waals surface area contributed by atoms with Crippen LogP contribution in [0, 0.1) is 5.41 Å². The Morgan fingerprint density at radius 1 is 1.35 bits per heavy atom.